The SMILES string of the molecule is CC[C@@H](C)NC(=O)CN1C(=O)N[C@@](Cc2ccccc2)(c2ccccc2)C1=O. The van der Waals surface area contributed by atoms with Crippen molar-refractivity contribution in [3.8, 4) is 0 Å². The Morgan fingerprint density at radius 2 is 1.68 bits per heavy atom. The van der Waals surface area contributed by atoms with Gasteiger partial charge in [0, 0.05) is 12.5 Å². The third kappa shape index (κ3) is 3.91. The highest BCUT2D eigenvalue weighted by molar-refractivity contribution is 6.09. The Morgan fingerprint density at radius 1 is 1.07 bits per heavy atom. The van der Waals surface area contributed by atoms with Gasteiger partial charge in [-0.25, -0.2) is 4.79 Å². The minimum absolute atomic E-state index is 0.0172. The van der Waals surface area contributed by atoms with Gasteiger partial charge in [0.15, 0.2) is 5.54 Å². The first kappa shape index (κ1) is 19.6. The van der Waals surface area contributed by atoms with Crippen molar-refractivity contribution in [1.29, 1.82) is 0 Å². The van der Waals surface area contributed by atoms with Crippen molar-refractivity contribution >= 4 is 17.8 Å². The molecule has 2 atom stereocenters. The van der Waals surface area contributed by atoms with Crippen LogP contribution in [0, 0.1) is 0 Å². The van der Waals surface area contributed by atoms with Gasteiger partial charge in [-0.15, -0.1) is 0 Å². The van der Waals surface area contributed by atoms with Crippen molar-refractivity contribution in [2.24, 2.45) is 0 Å². The predicted molar refractivity (Wildman–Crippen MR) is 106 cm³/mol. The van der Waals surface area contributed by atoms with Crippen LogP contribution in [0.25, 0.3) is 0 Å². The van der Waals surface area contributed by atoms with Crippen LogP contribution in [0.15, 0.2) is 60.7 Å². The summed E-state index contributed by atoms with van der Waals surface area (Å²) in [7, 11) is 0. The van der Waals surface area contributed by atoms with Gasteiger partial charge in [-0.05, 0) is 24.5 Å². The summed E-state index contributed by atoms with van der Waals surface area (Å²) in [5, 5.41) is 5.66. The maximum absolute atomic E-state index is 13.4. The molecular weight excluding hydrogens is 354 g/mol. The molecule has 6 heteroatoms. The van der Waals surface area contributed by atoms with Gasteiger partial charge < -0.3 is 10.6 Å². The molecule has 0 unspecified atom stereocenters. The van der Waals surface area contributed by atoms with Gasteiger partial charge in [-0.1, -0.05) is 67.6 Å². The van der Waals surface area contributed by atoms with E-state index in [1.807, 2.05) is 74.5 Å². The number of imide groups is 1. The van der Waals surface area contributed by atoms with Gasteiger partial charge >= 0.3 is 6.03 Å². The zero-order valence-electron chi connectivity index (χ0n) is 16.1. The highest BCUT2D eigenvalue weighted by atomic mass is 16.2. The van der Waals surface area contributed by atoms with E-state index in [9.17, 15) is 14.4 Å². The van der Waals surface area contributed by atoms with Gasteiger partial charge in [0.1, 0.15) is 6.54 Å². The van der Waals surface area contributed by atoms with E-state index in [2.05, 4.69) is 10.6 Å². The standard InChI is InChI=1S/C22H25N3O3/c1-3-16(2)23-19(26)15-25-20(27)22(24-21(25)28,18-12-8-5-9-13-18)14-17-10-6-4-7-11-17/h4-13,16H,3,14-15H2,1-2H3,(H,23,26)(H,24,28)/t16-,22+/m1/s1. The summed E-state index contributed by atoms with van der Waals surface area (Å²) in [6.07, 6.45) is 1.08. The van der Waals surface area contributed by atoms with E-state index in [4.69, 9.17) is 0 Å². The third-order valence-corrected chi connectivity index (χ3v) is 5.08. The number of rotatable bonds is 7. The summed E-state index contributed by atoms with van der Waals surface area (Å²) in [4.78, 5) is 39.4. The van der Waals surface area contributed by atoms with E-state index in [1.54, 1.807) is 0 Å². The number of benzene rings is 2. The van der Waals surface area contributed by atoms with Crippen LogP contribution in [0.4, 0.5) is 4.79 Å². The van der Waals surface area contributed by atoms with Crippen molar-refractivity contribution in [3.05, 3.63) is 71.8 Å². The maximum Gasteiger partial charge on any atom is 0.325 e. The fourth-order valence-electron chi connectivity index (χ4n) is 3.38. The lowest BCUT2D eigenvalue weighted by atomic mass is 9.83. The lowest BCUT2D eigenvalue weighted by Gasteiger charge is -2.27. The number of hydrogen-bond donors (Lipinski definition) is 2. The van der Waals surface area contributed by atoms with E-state index < -0.39 is 17.5 Å². The van der Waals surface area contributed by atoms with Crippen LogP contribution in [0.1, 0.15) is 31.4 Å². The van der Waals surface area contributed by atoms with Crippen LogP contribution >= 0.6 is 0 Å². The molecule has 0 radical (unpaired) electrons. The van der Waals surface area contributed by atoms with Crippen LogP contribution in [0.5, 0.6) is 0 Å². The third-order valence-electron chi connectivity index (χ3n) is 5.08. The fraction of sp³-hybridized carbons (Fsp3) is 0.318. The van der Waals surface area contributed by atoms with E-state index in [1.165, 1.54) is 0 Å². The minimum Gasteiger partial charge on any atom is -0.352 e. The Hall–Kier alpha value is -3.15. The van der Waals surface area contributed by atoms with Crippen LogP contribution < -0.4 is 10.6 Å². The Bertz CT molecular complexity index is 854. The summed E-state index contributed by atoms with van der Waals surface area (Å²) in [5.41, 5.74) is 0.393. The van der Waals surface area contributed by atoms with Gasteiger partial charge in [0.25, 0.3) is 5.91 Å². The normalized spacial score (nSPS) is 20.0. The van der Waals surface area contributed by atoms with Crippen molar-refractivity contribution in [1.82, 2.24) is 15.5 Å². The van der Waals surface area contributed by atoms with Crippen molar-refractivity contribution in [2.75, 3.05) is 6.54 Å². The average molecular weight is 379 g/mol. The topological polar surface area (TPSA) is 78.5 Å². The summed E-state index contributed by atoms with van der Waals surface area (Å²) in [6, 6.07) is 18.1. The second-order valence-corrected chi connectivity index (χ2v) is 7.13. The number of nitrogens with zero attached hydrogens (tertiary/aromatic N) is 1. The lowest BCUT2D eigenvalue weighted by molar-refractivity contribution is -0.135. The van der Waals surface area contributed by atoms with Crippen molar-refractivity contribution in [3.63, 3.8) is 0 Å². The van der Waals surface area contributed by atoms with Gasteiger partial charge in [-0.2, -0.15) is 0 Å². The van der Waals surface area contributed by atoms with E-state index in [-0.39, 0.29) is 18.5 Å². The Balaban J connectivity index is 1.91. The summed E-state index contributed by atoms with van der Waals surface area (Å²) < 4.78 is 0. The zero-order valence-corrected chi connectivity index (χ0v) is 16.1. The average Bonchev–Trinajstić information content (AvgIpc) is 2.94. The van der Waals surface area contributed by atoms with E-state index in [0.29, 0.717) is 12.0 Å². The smallest absolute Gasteiger partial charge is 0.325 e. The molecule has 3 rings (SSSR count). The first-order valence-corrected chi connectivity index (χ1v) is 9.49. The molecule has 146 valence electrons. The molecule has 2 aromatic carbocycles. The molecule has 0 aromatic heterocycles. The molecule has 0 saturated carbocycles. The summed E-state index contributed by atoms with van der Waals surface area (Å²) in [6.45, 7) is 3.55. The van der Waals surface area contributed by atoms with Gasteiger partial charge in [-0.3, -0.25) is 14.5 Å². The zero-order chi connectivity index (χ0) is 20.1. The fourth-order valence-corrected chi connectivity index (χ4v) is 3.38. The molecule has 1 aliphatic rings. The maximum atomic E-state index is 13.4. The number of carbonyl (C=O) groups excluding carboxylic acids is 3. The highest BCUT2D eigenvalue weighted by Gasteiger charge is 2.52. The second kappa shape index (κ2) is 8.25. The Kier molecular flexibility index (Phi) is 5.78. The number of urea groups is 1. The number of nitrogens with one attached hydrogen (secondary N) is 2. The molecule has 0 bridgehead atoms. The van der Waals surface area contributed by atoms with Gasteiger partial charge in [0.2, 0.25) is 5.91 Å². The molecule has 1 fully saturated rings. The molecule has 1 heterocycles. The largest absolute Gasteiger partial charge is 0.352 e. The number of hydrogen-bond acceptors (Lipinski definition) is 3. The first-order valence-electron chi connectivity index (χ1n) is 9.49. The molecular formula is C22H25N3O3. The predicted octanol–water partition coefficient (Wildman–Crippen LogP) is 2.59. The van der Waals surface area contributed by atoms with E-state index in [0.717, 1.165) is 16.9 Å². The highest BCUT2D eigenvalue weighted by Crippen LogP contribution is 2.32. The van der Waals surface area contributed by atoms with Gasteiger partial charge in [0.05, 0.1) is 0 Å². The molecule has 0 spiro atoms. The van der Waals surface area contributed by atoms with Crippen molar-refractivity contribution in [2.45, 2.75) is 38.3 Å². The van der Waals surface area contributed by atoms with Crippen LogP contribution in [0.3, 0.4) is 0 Å². The van der Waals surface area contributed by atoms with Crippen LogP contribution in [0.2, 0.25) is 0 Å². The second-order valence-electron chi connectivity index (χ2n) is 7.13. The molecule has 6 nitrogen and oxygen atoms in total. The monoisotopic (exact) mass is 379 g/mol. The van der Waals surface area contributed by atoms with Crippen molar-refractivity contribution < 1.29 is 14.4 Å². The molecule has 0 aliphatic carbocycles. The Labute approximate surface area is 164 Å². The molecule has 4 amide bonds. The minimum atomic E-state index is -1.23. The molecule has 1 saturated heterocycles. The summed E-state index contributed by atoms with van der Waals surface area (Å²) in [5.74, 6) is -0.756. The molecule has 2 N–H and O–H groups in total. The number of carbonyl (C=O) groups is 3. The van der Waals surface area contributed by atoms with Crippen LogP contribution in [-0.4, -0.2) is 35.3 Å². The van der Waals surface area contributed by atoms with E-state index >= 15 is 0 Å². The quantitative estimate of drug-likeness (QED) is 0.726. The Morgan fingerprint density at radius 3 is 2.29 bits per heavy atom. The molecule has 28 heavy (non-hydrogen) atoms. The molecule has 1 aliphatic heterocycles. The molecule has 2 aromatic rings. The summed E-state index contributed by atoms with van der Waals surface area (Å²) >= 11 is 0. The lowest BCUT2D eigenvalue weighted by Crippen LogP contribution is -2.47. The number of amides is 4. The van der Waals surface area contributed by atoms with Crippen LogP contribution in [-0.2, 0) is 21.5 Å². The first-order chi connectivity index (χ1) is 13.5.